The van der Waals surface area contributed by atoms with Crippen molar-refractivity contribution in [2.45, 2.75) is 26.7 Å². The van der Waals surface area contributed by atoms with Crippen LogP contribution in [0.3, 0.4) is 0 Å². The molecule has 0 spiro atoms. The lowest BCUT2D eigenvalue weighted by molar-refractivity contribution is 0.256. The van der Waals surface area contributed by atoms with Gasteiger partial charge < -0.3 is 10.6 Å². The van der Waals surface area contributed by atoms with Crippen LogP contribution in [0.15, 0.2) is 24.3 Å². The van der Waals surface area contributed by atoms with Gasteiger partial charge in [-0.25, -0.2) is 4.39 Å². The van der Waals surface area contributed by atoms with E-state index in [0.717, 1.165) is 32.5 Å². The van der Waals surface area contributed by atoms with Gasteiger partial charge in [0.15, 0.2) is 0 Å². The summed E-state index contributed by atoms with van der Waals surface area (Å²) in [5.41, 5.74) is 7.11. The van der Waals surface area contributed by atoms with E-state index in [0.29, 0.717) is 0 Å². The van der Waals surface area contributed by atoms with Crippen LogP contribution < -0.4 is 5.73 Å². The van der Waals surface area contributed by atoms with E-state index in [2.05, 4.69) is 25.8 Å². The third kappa shape index (κ3) is 5.61. The van der Waals surface area contributed by atoms with Gasteiger partial charge in [0.2, 0.25) is 0 Å². The molecular weight excluding hydrogens is 227 g/mol. The average Bonchev–Trinajstić information content (AvgIpc) is 2.36. The Morgan fingerprint density at radius 1 is 1.17 bits per heavy atom. The van der Waals surface area contributed by atoms with Gasteiger partial charge in [0.1, 0.15) is 5.82 Å². The fraction of sp³-hybridized carbons (Fsp3) is 0.600. The standard InChI is InChI=1S/C15H25FN2/c1-15(2,12-17)9-11-18(3)10-8-13-4-6-14(16)7-5-13/h4-7H,8-12,17H2,1-3H3. The summed E-state index contributed by atoms with van der Waals surface area (Å²) >= 11 is 0. The third-order valence-corrected chi connectivity index (χ3v) is 3.42. The van der Waals surface area contributed by atoms with Crippen molar-refractivity contribution in [2.24, 2.45) is 11.1 Å². The number of nitrogens with zero attached hydrogens (tertiary/aromatic N) is 1. The van der Waals surface area contributed by atoms with E-state index in [1.165, 1.54) is 17.7 Å². The molecule has 0 amide bonds. The molecule has 0 saturated carbocycles. The van der Waals surface area contributed by atoms with Crippen molar-refractivity contribution in [1.82, 2.24) is 4.90 Å². The maximum atomic E-state index is 12.8. The van der Waals surface area contributed by atoms with Gasteiger partial charge in [-0.05, 0) is 56.1 Å². The van der Waals surface area contributed by atoms with Crippen LogP contribution in [0, 0.1) is 11.2 Å². The van der Waals surface area contributed by atoms with E-state index >= 15 is 0 Å². The van der Waals surface area contributed by atoms with E-state index in [1.807, 2.05) is 12.1 Å². The van der Waals surface area contributed by atoms with Crippen molar-refractivity contribution in [3.05, 3.63) is 35.6 Å². The Bertz CT molecular complexity index is 346. The van der Waals surface area contributed by atoms with Crippen LogP contribution in [-0.2, 0) is 6.42 Å². The second-order valence-corrected chi connectivity index (χ2v) is 5.80. The van der Waals surface area contributed by atoms with E-state index in [4.69, 9.17) is 5.73 Å². The molecule has 1 aromatic carbocycles. The van der Waals surface area contributed by atoms with E-state index < -0.39 is 0 Å². The fourth-order valence-electron chi connectivity index (χ4n) is 1.68. The van der Waals surface area contributed by atoms with E-state index in [-0.39, 0.29) is 11.2 Å². The first-order valence-electron chi connectivity index (χ1n) is 6.56. The number of hydrogen-bond acceptors (Lipinski definition) is 2. The van der Waals surface area contributed by atoms with Crippen molar-refractivity contribution in [3.63, 3.8) is 0 Å². The van der Waals surface area contributed by atoms with Gasteiger partial charge in [-0.1, -0.05) is 26.0 Å². The molecule has 0 aliphatic heterocycles. The largest absolute Gasteiger partial charge is 0.330 e. The van der Waals surface area contributed by atoms with E-state index in [9.17, 15) is 4.39 Å². The molecular formula is C15H25FN2. The first-order valence-corrected chi connectivity index (χ1v) is 6.56. The molecule has 102 valence electrons. The number of benzene rings is 1. The molecule has 0 unspecified atom stereocenters. The normalized spacial score (nSPS) is 12.1. The van der Waals surface area contributed by atoms with Crippen molar-refractivity contribution in [1.29, 1.82) is 0 Å². The Morgan fingerprint density at radius 3 is 2.33 bits per heavy atom. The topological polar surface area (TPSA) is 29.3 Å². The summed E-state index contributed by atoms with van der Waals surface area (Å²) < 4.78 is 12.8. The molecule has 0 bridgehead atoms. The quantitative estimate of drug-likeness (QED) is 0.808. The summed E-state index contributed by atoms with van der Waals surface area (Å²) in [6, 6.07) is 6.75. The summed E-state index contributed by atoms with van der Waals surface area (Å²) in [4.78, 5) is 2.31. The molecule has 0 fully saturated rings. The van der Waals surface area contributed by atoms with Crippen LogP contribution >= 0.6 is 0 Å². The zero-order valence-electron chi connectivity index (χ0n) is 11.7. The maximum absolute atomic E-state index is 12.8. The summed E-state index contributed by atoms with van der Waals surface area (Å²) in [6.45, 7) is 7.15. The smallest absolute Gasteiger partial charge is 0.123 e. The van der Waals surface area contributed by atoms with Crippen molar-refractivity contribution in [2.75, 3.05) is 26.7 Å². The summed E-state index contributed by atoms with van der Waals surface area (Å²) in [6.07, 6.45) is 2.06. The summed E-state index contributed by atoms with van der Waals surface area (Å²) in [5, 5.41) is 0. The fourth-order valence-corrected chi connectivity index (χ4v) is 1.68. The summed E-state index contributed by atoms with van der Waals surface area (Å²) in [7, 11) is 2.12. The molecule has 0 heterocycles. The molecule has 1 aromatic rings. The zero-order chi connectivity index (χ0) is 13.6. The van der Waals surface area contributed by atoms with Crippen LogP contribution in [0.2, 0.25) is 0 Å². The predicted molar refractivity (Wildman–Crippen MR) is 75.1 cm³/mol. The number of halogens is 1. The molecule has 0 aromatic heterocycles. The first kappa shape index (κ1) is 15.1. The highest BCUT2D eigenvalue weighted by molar-refractivity contribution is 5.16. The Labute approximate surface area is 110 Å². The molecule has 0 aliphatic rings. The molecule has 3 heteroatoms. The highest BCUT2D eigenvalue weighted by Crippen LogP contribution is 2.18. The highest BCUT2D eigenvalue weighted by atomic mass is 19.1. The summed E-state index contributed by atoms with van der Waals surface area (Å²) in [5.74, 6) is -0.170. The minimum atomic E-state index is -0.170. The minimum absolute atomic E-state index is 0.170. The highest BCUT2D eigenvalue weighted by Gasteiger charge is 2.15. The van der Waals surface area contributed by atoms with Gasteiger partial charge in [-0.2, -0.15) is 0 Å². The van der Waals surface area contributed by atoms with Crippen molar-refractivity contribution >= 4 is 0 Å². The molecule has 2 nitrogen and oxygen atoms in total. The lowest BCUT2D eigenvalue weighted by atomic mass is 9.89. The van der Waals surface area contributed by atoms with Gasteiger partial charge in [0.05, 0.1) is 0 Å². The number of likely N-dealkylation sites (N-methyl/N-ethyl adjacent to an activating group) is 1. The average molecular weight is 252 g/mol. The van der Waals surface area contributed by atoms with Crippen molar-refractivity contribution < 1.29 is 4.39 Å². The third-order valence-electron chi connectivity index (χ3n) is 3.42. The van der Waals surface area contributed by atoms with Crippen LogP contribution in [0.5, 0.6) is 0 Å². The van der Waals surface area contributed by atoms with E-state index in [1.54, 1.807) is 0 Å². The molecule has 0 aliphatic carbocycles. The van der Waals surface area contributed by atoms with Crippen LogP contribution in [0.25, 0.3) is 0 Å². The molecule has 1 rings (SSSR count). The van der Waals surface area contributed by atoms with Gasteiger partial charge in [0, 0.05) is 6.54 Å². The predicted octanol–water partition coefficient (Wildman–Crippen LogP) is 2.68. The maximum Gasteiger partial charge on any atom is 0.123 e. The molecule has 18 heavy (non-hydrogen) atoms. The molecule has 2 N–H and O–H groups in total. The van der Waals surface area contributed by atoms with Crippen molar-refractivity contribution in [3.8, 4) is 0 Å². The van der Waals surface area contributed by atoms with Crippen LogP contribution in [-0.4, -0.2) is 31.6 Å². The SMILES string of the molecule is CN(CCc1ccc(F)cc1)CCC(C)(C)CN. The molecule has 0 radical (unpaired) electrons. The number of nitrogens with two attached hydrogens (primary N) is 1. The Morgan fingerprint density at radius 2 is 1.78 bits per heavy atom. The first-order chi connectivity index (χ1) is 8.43. The second-order valence-electron chi connectivity index (χ2n) is 5.80. The van der Waals surface area contributed by atoms with Gasteiger partial charge >= 0.3 is 0 Å². The van der Waals surface area contributed by atoms with Crippen LogP contribution in [0.1, 0.15) is 25.8 Å². The minimum Gasteiger partial charge on any atom is -0.330 e. The van der Waals surface area contributed by atoms with Crippen LogP contribution in [0.4, 0.5) is 4.39 Å². The Balaban J connectivity index is 2.29. The zero-order valence-corrected chi connectivity index (χ0v) is 11.7. The Kier molecular flexibility index (Phi) is 5.76. The lowest BCUT2D eigenvalue weighted by Gasteiger charge is -2.26. The second kappa shape index (κ2) is 6.86. The molecule has 0 atom stereocenters. The van der Waals surface area contributed by atoms with Gasteiger partial charge in [0.25, 0.3) is 0 Å². The van der Waals surface area contributed by atoms with Gasteiger partial charge in [-0.3, -0.25) is 0 Å². The Hall–Kier alpha value is -0.930. The number of rotatable bonds is 7. The lowest BCUT2D eigenvalue weighted by Crippen LogP contribution is -2.30. The number of hydrogen-bond donors (Lipinski definition) is 1. The molecule has 0 saturated heterocycles. The monoisotopic (exact) mass is 252 g/mol. The van der Waals surface area contributed by atoms with Gasteiger partial charge in [-0.15, -0.1) is 0 Å².